The highest BCUT2D eigenvalue weighted by Gasteiger charge is 2.36. The second kappa shape index (κ2) is 8.60. The minimum atomic E-state index is -4.41. The molecule has 1 aliphatic heterocycles. The number of alkyl halides is 3. The standard InChI is InChI=1S/C21H23F3N8O/c1-13(2)32-20(30-9-5-6-15(11-30)21(22,23)24)27-19(29-32)26-16-7-8-17(18(10-16)33-4)31-12-25-14(3)28-31/h5-10,12-13H,11H2,1-4H3,(H,26,29). The summed E-state index contributed by atoms with van der Waals surface area (Å²) in [6.07, 6.45) is 1.16. The van der Waals surface area contributed by atoms with Crippen LogP contribution in [0, 0.1) is 6.92 Å². The fourth-order valence-electron chi connectivity index (χ4n) is 3.32. The molecule has 0 saturated carbocycles. The van der Waals surface area contributed by atoms with E-state index in [0.717, 1.165) is 6.08 Å². The molecule has 1 aromatic carbocycles. The molecule has 3 heterocycles. The molecule has 9 nitrogen and oxygen atoms in total. The Bertz CT molecular complexity index is 1210. The SMILES string of the molecule is COc1cc(Nc2nc(N3C=CC=C(C(F)(F)F)C3)n(C(C)C)n2)ccc1-n1cnc(C)n1. The molecular formula is C21H23F3N8O. The topological polar surface area (TPSA) is 85.9 Å². The summed E-state index contributed by atoms with van der Waals surface area (Å²) in [6.45, 7) is 5.21. The van der Waals surface area contributed by atoms with Crippen molar-refractivity contribution < 1.29 is 17.9 Å². The third-order valence-corrected chi connectivity index (χ3v) is 4.92. The summed E-state index contributed by atoms with van der Waals surface area (Å²) < 4.78 is 48.3. The maximum Gasteiger partial charge on any atom is 0.414 e. The van der Waals surface area contributed by atoms with Crippen LogP contribution in [0.3, 0.4) is 0 Å². The maximum absolute atomic E-state index is 13.2. The molecular weight excluding hydrogens is 437 g/mol. The summed E-state index contributed by atoms with van der Waals surface area (Å²) in [5.74, 6) is 1.74. The minimum Gasteiger partial charge on any atom is -0.494 e. The molecule has 0 bridgehead atoms. The number of aromatic nitrogens is 6. The maximum atomic E-state index is 13.2. The first kappa shape index (κ1) is 22.4. The van der Waals surface area contributed by atoms with Crippen LogP contribution in [-0.4, -0.2) is 49.4 Å². The van der Waals surface area contributed by atoms with Gasteiger partial charge in [0.05, 0.1) is 25.3 Å². The predicted molar refractivity (Wildman–Crippen MR) is 117 cm³/mol. The number of anilines is 3. The number of benzene rings is 1. The molecule has 2 aromatic heterocycles. The molecule has 0 unspecified atom stereocenters. The average molecular weight is 460 g/mol. The highest BCUT2D eigenvalue weighted by molar-refractivity contribution is 5.62. The Kier molecular flexibility index (Phi) is 5.83. The van der Waals surface area contributed by atoms with Gasteiger partial charge < -0.3 is 15.0 Å². The summed E-state index contributed by atoms with van der Waals surface area (Å²) in [5, 5.41) is 11.9. The molecule has 0 radical (unpaired) electrons. The van der Waals surface area contributed by atoms with E-state index >= 15 is 0 Å². The van der Waals surface area contributed by atoms with Crippen LogP contribution in [0.1, 0.15) is 25.7 Å². The van der Waals surface area contributed by atoms with Crippen molar-refractivity contribution in [1.29, 1.82) is 0 Å². The Morgan fingerprint density at radius 2 is 1.97 bits per heavy atom. The second-order valence-corrected chi connectivity index (χ2v) is 7.68. The highest BCUT2D eigenvalue weighted by atomic mass is 19.4. The first-order chi connectivity index (χ1) is 15.7. The summed E-state index contributed by atoms with van der Waals surface area (Å²) in [5.41, 5.74) is 0.696. The van der Waals surface area contributed by atoms with Crippen LogP contribution in [0.15, 0.2) is 48.5 Å². The van der Waals surface area contributed by atoms with Gasteiger partial charge in [-0.2, -0.15) is 23.3 Å². The Hall–Kier alpha value is -3.83. The lowest BCUT2D eigenvalue weighted by atomic mass is 10.2. The number of halogens is 3. The van der Waals surface area contributed by atoms with Gasteiger partial charge in [-0.05, 0) is 39.0 Å². The molecule has 12 heteroatoms. The van der Waals surface area contributed by atoms with Crippen molar-refractivity contribution in [3.63, 3.8) is 0 Å². The summed E-state index contributed by atoms with van der Waals surface area (Å²) in [6, 6.07) is 5.25. The molecule has 174 valence electrons. The van der Waals surface area contributed by atoms with Crippen molar-refractivity contribution in [1.82, 2.24) is 29.5 Å². The fraction of sp³-hybridized carbons (Fsp3) is 0.333. The van der Waals surface area contributed by atoms with Crippen molar-refractivity contribution in [2.24, 2.45) is 0 Å². The molecule has 4 rings (SSSR count). The van der Waals surface area contributed by atoms with Crippen molar-refractivity contribution >= 4 is 17.6 Å². The van der Waals surface area contributed by atoms with Crippen LogP contribution in [0.5, 0.6) is 5.75 Å². The van der Waals surface area contributed by atoms with Crippen LogP contribution in [0.2, 0.25) is 0 Å². The summed E-state index contributed by atoms with van der Waals surface area (Å²) >= 11 is 0. The number of allylic oxidation sites excluding steroid dienone is 2. The smallest absolute Gasteiger partial charge is 0.414 e. The van der Waals surface area contributed by atoms with Gasteiger partial charge in [0.2, 0.25) is 11.9 Å². The molecule has 1 aliphatic rings. The third kappa shape index (κ3) is 4.69. The number of ether oxygens (including phenoxy) is 1. The first-order valence-corrected chi connectivity index (χ1v) is 10.2. The van der Waals surface area contributed by atoms with Gasteiger partial charge >= 0.3 is 6.18 Å². The molecule has 1 N–H and O–H groups in total. The summed E-state index contributed by atoms with van der Waals surface area (Å²) in [7, 11) is 1.55. The number of aryl methyl sites for hydroxylation is 1. The molecule has 33 heavy (non-hydrogen) atoms. The van der Waals surface area contributed by atoms with Gasteiger partial charge in [-0.1, -0.05) is 6.08 Å². The minimum absolute atomic E-state index is 0.121. The van der Waals surface area contributed by atoms with Crippen LogP contribution < -0.4 is 15.0 Å². The van der Waals surface area contributed by atoms with Crippen LogP contribution in [0.4, 0.5) is 30.8 Å². The van der Waals surface area contributed by atoms with E-state index in [4.69, 9.17) is 4.74 Å². The number of nitrogens with zero attached hydrogens (tertiary/aromatic N) is 7. The summed E-state index contributed by atoms with van der Waals surface area (Å²) in [4.78, 5) is 10.0. The average Bonchev–Trinajstić information content (AvgIpc) is 3.39. The van der Waals surface area contributed by atoms with Crippen molar-refractivity contribution in [2.75, 3.05) is 23.9 Å². The van der Waals surface area contributed by atoms with Gasteiger partial charge in [-0.15, -0.1) is 5.10 Å². The van der Waals surface area contributed by atoms with Crippen LogP contribution >= 0.6 is 0 Å². The molecule has 0 atom stereocenters. The Labute approximate surface area is 188 Å². The number of hydrogen-bond donors (Lipinski definition) is 1. The number of rotatable bonds is 6. The van der Waals surface area contributed by atoms with Gasteiger partial charge in [0, 0.05) is 18.0 Å². The van der Waals surface area contributed by atoms with Crippen molar-refractivity contribution in [3.05, 3.63) is 54.3 Å². The van der Waals surface area contributed by atoms with Gasteiger partial charge in [-0.3, -0.25) is 0 Å². The van der Waals surface area contributed by atoms with Gasteiger partial charge in [0.1, 0.15) is 23.6 Å². The third-order valence-electron chi connectivity index (χ3n) is 4.92. The van der Waals surface area contributed by atoms with E-state index in [2.05, 4.69) is 25.5 Å². The van der Waals surface area contributed by atoms with E-state index in [1.54, 1.807) is 48.1 Å². The largest absolute Gasteiger partial charge is 0.494 e. The lowest BCUT2D eigenvalue weighted by Gasteiger charge is -2.25. The monoisotopic (exact) mass is 460 g/mol. The van der Waals surface area contributed by atoms with E-state index in [1.807, 2.05) is 19.9 Å². The Morgan fingerprint density at radius 1 is 1.18 bits per heavy atom. The fourth-order valence-corrected chi connectivity index (χ4v) is 3.32. The van der Waals surface area contributed by atoms with Crippen LogP contribution in [0.25, 0.3) is 5.69 Å². The lowest BCUT2D eigenvalue weighted by Crippen LogP contribution is -2.30. The van der Waals surface area contributed by atoms with E-state index in [-0.39, 0.29) is 18.5 Å². The number of nitrogens with one attached hydrogen (secondary N) is 1. The first-order valence-electron chi connectivity index (χ1n) is 10.2. The van der Waals surface area contributed by atoms with E-state index < -0.39 is 11.7 Å². The van der Waals surface area contributed by atoms with Gasteiger partial charge in [0.25, 0.3) is 0 Å². The van der Waals surface area contributed by atoms with E-state index in [1.165, 1.54) is 11.0 Å². The lowest BCUT2D eigenvalue weighted by molar-refractivity contribution is -0.0923. The molecule has 0 amide bonds. The number of hydrogen-bond acceptors (Lipinski definition) is 7. The van der Waals surface area contributed by atoms with Crippen LogP contribution in [-0.2, 0) is 0 Å². The van der Waals surface area contributed by atoms with E-state index in [9.17, 15) is 13.2 Å². The Balaban J connectivity index is 1.61. The molecule has 0 spiro atoms. The van der Waals surface area contributed by atoms with Crippen molar-refractivity contribution in [2.45, 2.75) is 33.0 Å². The van der Waals surface area contributed by atoms with E-state index in [0.29, 0.717) is 28.9 Å². The second-order valence-electron chi connectivity index (χ2n) is 7.68. The molecule has 0 saturated heterocycles. The Morgan fingerprint density at radius 3 is 2.61 bits per heavy atom. The van der Waals surface area contributed by atoms with Crippen molar-refractivity contribution in [3.8, 4) is 11.4 Å². The molecule has 0 fully saturated rings. The van der Waals surface area contributed by atoms with Gasteiger partial charge in [0.15, 0.2) is 0 Å². The highest BCUT2D eigenvalue weighted by Crippen LogP contribution is 2.32. The zero-order chi connectivity index (χ0) is 23.8. The molecule has 0 aliphatic carbocycles. The quantitative estimate of drug-likeness (QED) is 0.586. The molecule has 3 aromatic rings. The number of methoxy groups -OCH3 is 1. The van der Waals surface area contributed by atoms with Gasteiger partial charge in [-0.25, -0.2) is 14.3 Å². The zero-order valence-corrected chi connectivity index (χ0v) is 18.5. The predicted octanol–water partition coefficient (Wildman–Crippen LogP) is 4.32. The zero-order valence-electron chi connectivity index (χ0n) is 18.5. The normalized spacial score (nSPS) is 14.1.